The minimum atomic E-state index is -0.328. The Morgan fingerprint density at radius 3 is 2.43 bits per heavy atom. The number of aromatic nitrogens is 1. The van der Waals surface area contributed by atoms with E-state index >= 15 is 0 Å². The van der Waals surface area contributed by atoms with Crippen LogP contribution in [0.4, 0.5) is 0 Å². The van der Waals surface area contributed by atoms with Crippen LogP contribution in [0.2, 0.25) is 0 Å². The van der Waals surface area contributed by atoms with Gasteiger partial charge in [0.15, 0.2) is 0 Å². The summed E-state index contributed by atoms with van der Waals surface area (Å²) in [5.41, 5.74) is 6.45. The molecule has 0 atom stereocenters. The summed E-state index contributed by atoms with van der Waals surface area (Å²) in [6.45, 7) is 0.556. The summed E-state index contributed by atoms with van der Waals surface area (Å²) in [5, 5.41) is 1.14. The van der Waals surface area contributed by atoms with Gasteiger partial charge in [-0.05, 0) is 29.7 Å². The van der Waals surface area contributed by atoms with Crippen LogP contribution in [0.25, 0.3) is 10.9 Å². The van der Waals surface area contributed by atoms with Crippen LogP contribution in [0.15, 0.2) is 66.9 Å². The summed E-state index contributed by atoms with van der Waals surface area (Å²) >= 11 is 0. The van der Waals surface area contributed by atoms with Crippen LogP contribution in [0, 0.1) is 0 Å². The van der Waals surface area contributed by atoms with Crippen LogP contribution in [-0.2, 0) is 11.3 Å². The van der Waals surface area contributed by atoms with E-state index in [2.05, 4.69) is 10.9 Å². The lowest BCUT2D eigenvalue weighted by molar-refractivity contribution is -0.122. The molecule has 116 valence electrons. The van der Waals surface area contributed by atoms with Gasteiger partial charge >= 0.3 is 0 Å². The number of fused-ring (bicyclic) bond motifs is 1. The molecule has 0 spiro atoms. The van der Waals surface area contributed by atoms with Gasteiger partial charge in [-0.1, -0.05) is 36.4 Å². The number of amides is 2. The van der Waals surface area contributed by atoms with E-state index in [1.165, 1.54) is 0 Å². The second-order valence-electron chi connectivity index (χ2n) is 5.19. The first-order chi connectivity index (χ1) is 11.2. The number of hydrogen-bond acceptors (Lipinski definition) is 2. The molecule has 2 amide bonds. The number of para-hydroxylation sites is 1. The molecule has 23 heavy (non-hydrogen) atoms. The number of nitrogens with one attached hydrogen (secondary N) is 2. The molecule has 0 bridgehead atoms. The SMILES string of the molecule is O=C(CCn1ccc2ccccc21)NNC(=O)c1ccccc1. The molecular weight excluding hydrogens is 290 g/mol. The zero-order chi connectivity index (χ0) is 16.1. The van der Waals surface area contributed by atoms with Gasteiger partial charge in [-0.2, -0.15) is 0 Å². The Bertz CT molecular complexity index is 824. The van der Waals surface area contributed by atoms with Crippen LogP contribution in [0.1, 0.15) is 16.8 Å². The van der Waals surface area contributed by atoms with E-state index in [0.29, 0.717) is 12.1 Å². The number of hydrazine groups is 1. The third-order valence-electron chi connectivity index (χ3n) is 3.61. The molecule has 2 aromatic carbocycles. The van der Waals surface area contributed by atoms with Crippen molar-refractivity contribution in [2.24, 2.45) is 0 Å². The molecule has 0 saturated heterocycles. The maximum absolute atomic E-state index is 11.9. The predicted octanol–water partition coefficient (Wildman–Crippen LogP) is 2.49. The van der Waals surface area contributed by atoms with Gasteiger partial charge in [0.1, 0.15) is 0 Å². The second-order valence-corrected chi connectivity index (χ2v) is 5.19. The molecular formula is C18H17N3O2. The molecule has 0 aliphatic rings. The lowest BCUT2D eigenvalue weighted by Crippen LogP contribution is -2.41. The number of benzene rings is 2. The topological polar surface area (TPSA) is 63.1 Å². The summed E-state index contributed by atoms with van der Waals surface area (Å²) in [6, 6.07) is 18.8. The fourth-order valence-electron chi connectivity index (χ4n) is 2.41. The van der Waals surface area contributed by atoms with Crippen LogP contribution < -0.4 is 10.9 Å². The highest BCUT2D eigenvalue weighted by Gasteiger charge is 2.07. The van der Waals surface area contributed by atoms with Crippen molar-refractivity contribution in [1.29, 1.82) is 0 Å². The van der Waals surface area contributed by atoms with Crippen LogP contribution >= 0.6 is 0 Å². The van der Waals surface area contributed by atoms with E-state index in [-0.39, 0.29) is 18.2 Å². The minimum absolute atomic E-state index is 0.230. The summed E-state index contributed by atoms with van der Waals surface area (Å²) in [6.07, 6.45) is 2.24. The Morgan fingerprint density at radius 2 is 1.61 bits per heavy atom. The van der Waals surface area contributed by atoms with Gasteiger partial charge in [-0.25, -0.2) is 0 Å². The Kier molecular flexibility index (Phi) is 4.38. The zero-order valence-corrected chi connectivity index (χ0v) is 12.5. The lowest BCUT2D eigenvalue weighted by atomic mass is 10.2. The molecule has 0 radical (unpaired) electrons. The van der Waals surface area contributed by atoms with Gasteiger partial charge < -0.3 is 4.57 Å². The molecule has 0 unspecified atom stereocenters. The Hall–Kier alpha value is -3.08. The highest BCUT2D eigenvalue weighted by atomic mass is 16.2. The number of hydrogen-bond donors (Lipinski definition) is 2. The molecule has 0 aliphatic carbocycles. The second kappa shape index (κ2) is 6.79. The number of aryl methyl sites for hydroxylation is 1. The molecule has 5 nitrogen and oxygen atoms in total. The average molecular weight is 307 g/mol. The highest BCUT2D eigenvalue weighted by molar-refractivity contribution is 5.95. The predicted molar refractivity (Wildman–Crippen MR) is 88.6 cm³/mol. The Labute approximate surface area is 133 Å². The van der Waals surface area contributed by atoms with Gasteiger partial charge in [0.05, 0.1) is 0 Å². The van der Waals surface area contributed by atoms with Crippen molar-refractivity contribution in [3.05, 3.63) is 72.4 Å². The first-order valence-corrected chi connectivity index (χ1v) is 7.42. The summed E-state index contributed by atoms with van der Waals surface area (Å²) in [7, 11) is 0. The molecule has 5 heteroatoms. The molecule has 3 rings (SSSR count). The van der Waals surface area contributed by atoms with Crippen molar-refractivity contribution in [3.63, 3.8) is 0 Å². The molecule has 2 N–H and O–H groups in total. The van der Waals surface area contributed by atoms with Gasteiger partial charge in [0.25, 0.3) is 5.91 Å². The van der Waals surface area contributed by atoms with E-state index in [0.717, 1.165) is 10.9 Å². The highest BCUT2D eigenvalue weighted by Crippen LogP contribution is 2.15. The van der Waals surface area contributed by atoms with Gasteiger partial charge in [-0.3, -0.25) is 20.4 Å². The van der Waals surface area contributed by atoms with Gasteiger partial charge in [0.2, 0.25) is 5.91 Å². The summed E-state index contributed by atoms with van der Waals surface area (Å²) in [5.74, 6) is -0.558. The largest absolute Gasteiger partial charge is 0.347 e. The standard InChI is InChI=1S/C18H17N3O2/c22-17(19-20-18(23)15-7-2-1-3-8-15)11-13-21-12-10-14-6-4-5-9-16(14)21/h1-10,12H,11,13H2,(H,19,22)(H,20,23). The molecule has 1 heterocycles. The Morgan fingerprint density at radius 1 is 0.870 bits per heavy atom. The van der Waals surface area contributed by atoms with E-state index < -0.39 is 0 Å². The van der Waals surface area contributed by atoms with Crippen LogP contribution in [-0.4, -0.2) is 16.4 Å². The first kappa shape index (κ1) is 14.8. The normalized spacial score (nSPS) is 10.4. The van der Waals surface area contributed by atoms with Crippen molar-refractivity contribution in [1.82, 2.24) is 15.4 Å². The van der Waals surface area contributed by atoms with Gasteiger partial charge in [0, 0.05) is 30.2 Å². The van der Waals surface area contributed by atoms with Crippen LogP contribution in [0.3, 0.4) is 0 Å². The number of rotatable bonds is 4. The maximum Gasteiger partial charge on any atom is 0.269 e. The number of nitrogens with zero attached hydrogens (tertiary/aromatic N) is 1. The zero-order valence-electron chi connectivity index (χ0n) is 12.5. The number of carbonyl (C=O) groups is 2. The van der Waals surface area contributed by atoms with E-state index in [4.69, 9.17) is 0 Å². The summed E-state index contributed by atoms with van der Waals surface area (Å²) in [4.78, 5) is 23.7. The minimum Gasteiger partial charge on any atom is -0.347 e. The summed E-state index contributed by atoms with van der Waals surface area (Å²) < 4.78 is 2.02. The van der Waals surface area contributed by atoms with E-state index in [1.54, 1.807) is 24.3 Å². The third-order valence-corrected chi connectivity index (χ3v) is 3.61. The van der Waals surface area contributed by atoms with Crippen molar-refractivity contribution in [3.8, 4) is 0 Å². The van der Waals surface area contributed by atoms with E-state index in [9.17, 15) is 9.59 Å². The van der Waals surface area contributed by atoms with Crippen molar-refractivity contribution in [2.45, 2.75) is 13.0 Å². The molecule has 3 aromatic rings. The average Bonchev–Trinajstić information content (AvgIpc) is 3.02. The quantitative estimate of drug-likeness (QED) is 0.727. The number of carbonyl (C=O) groups excluding carboxylic acids is 2. The maximum atomic E-state index is 11.9. The van der Waals surface area contributed by atoms with Crippen molar-refractivity contribution in [2.75, 3.05) is 0 Å². The van der Waals surface area contributed by atoms with Crippen molar-refractivity contribution >= 4 is 22.7 Å². The van der Waals surface area contributed by atoms with Crippen LogP contribution in [0.5, 0.6) is 0 Å². The van der Waals surface area contributed by atoms with E-state index in [1.807, 2.05) is 47.2 Å². The van der Waals surface area contributed by atoms with Gasteiger partial charge in [-0.15, -0.1) is 0 Å². The monoisotopic (exact) mass is 307 g/mol. The molecule has 0 fully saturated rings. The molecule has 0 saturated carbocycles. The molecule has 0 aliphatic heterocycles. The fraction of sp³-hybridized carbons (Fsp3) is 0.111. The first-order valence-electron chi connectivity index (χ1n) is 7.42. The van der Waals surface area contributed by atoms with Crippen molar-refractivity contribution < 1.29 is 9.59 Å². The fourth-order valence-corrected chi connectivity index (χ4v) is 2.41. The Balaban J connectivity index is 1.51. The smallest absolute Gasteiger partial charge is 0.269 e. The third kappa shape index (κ3) is 3.58. The molecule has 1 aromatic heterocycles. The lowest BCUT2D eigenvalue weighted by Gasteiger charge is -2.08.